The number of para-hydroxylation sites is 1. The second-order valence-electron chi connectivity index (χ2n) is 9.86. The largest absolute Gasteiger partial charge is 0.416 e. The molecule has 1 N–H and O–H groups in total. The summed E-state index contributed by atoms with van der Waals surface area (Å²) in [6.45, 7) is 4.45. The lowest BCUT2D eigenvalue weighted by atomic mass is 10.0. The highest BCUT2D eigenvalue weighted by atomic mass is 32.2. The van der Waals surface area contributed by atoms with E-state index in [0.717, 1.165) is 34.5 Å². The van der Waals surface area contributed by atoms with Gasteiger partial charge in [-0.2, -0.15) is 18.2 Å². The lowest BCUT2D eigenvalue weighted by molar-refractivity contribution is -0.137. The number of amides is 3. The number of amidine groups is 1. The maximum Gasteiger partial charge on any atom is 0.416 e. The van der Waals surface area contributed by atoms with Gasteiger partial charge in [0.15, 0.2) is 11.0 Å². The molecule has 0 aliphatic carbocycles. The van der Waals surface area contributed by atoms with Gasteiger partial charge in [0.2, 0.25) is 5.91 Å². The van der Waals surface area contributed by atoms with Crippen molar-refractivity contribution in [3.8, 4) is 17.1 Å². The van der Waals surface area contributed by atoms with Crippen LogP contribution >= 0.6 is 11.8 Å². The normalized spacial score (nSPS) is 14.7. The van der Waals surface area contributed by atoms with Crippen LogP contribution in [-0.4, -0.2) is 44.2 Å². The molecule has 8 nitrogen and oxygen atoms in total. The third-order valence-electron chi connectivity index (χ3n) is 6.62. The van der Waals surface area contributed by atoms with Crippen molar-refractivity contribution < 1.29 is 22.8 Å². The fraction of sp³-hybridized carbons (Fsp3) is 0.233. The van der Waals surface area contributed by atoms with E-state index in [1.165, 1.54) is 39.8 Å². The molecule has 0 unspecified atom stereocenters. The number of aromatic nitrogens is 3. The highest BCUT2D eigenvalue weighted by molar-refractivity contribution is 8.15. The van der Waals surface area contributed by atoms with Gasteiger partial charge in [0, 0.05) is 12.1 Å². The van der Waals surface area contributed by atoms with E-state index in [1.54, 1.807) is 0 Å². The summed E-state index contributed by atoms with van der Waals surface area (Å²) in [7, 11) is 0. The van der Waals surface area contributed by atoms with Gasteiger partial charge in [0.1, 0.15) is 6.33 Å². The Hall–Kier alpha value is -4.45. The molecule has 12 heteroatoms. The zero-order valence-corrected chi connectivity index (χ0v) is 23.6. The van der Waals surface area contributed by atoms with Crippen LogP contribution in [0, 0.1) is 0 Å². The van der Waals surface area contributed by atoms with Gasteiger partial charge in [0.05, 0.1) is 22.7 Å². The van der Waals surface area contributed by atoms with Gasteiger partial charge in [0.25, 0.3) is 0 Å². The maximum absolute atomic E-state index is 12.8. The second kappa shape index (κ2) is 12.2. The Kier molecular flexibility index (Phi) is 8.44. The zero-order chi connectivity index (χ0) is 29.9. The highest BCUT2D eigenvalue weighted by Crippen LogP contribution is 2.33. The lowest BCUT2D eigenvalue weighted by Gasteiger charge is -2.21. The Morgan fingerprint density at radius 1 is 1.05 bits per heavy atom. The van der Waals surface area contributed by atoms with Gasteiger partial charge >= 0.3 is 12.2 Å². The van der Waals surface area contributed by atoms with E-state index in [4.69, 9.17) is 0 Å². The number of anilines is 1. The zero-order valence-electron chi connectivity index (χ0n) is 22.8. The molecule has 0 bridgehead atoms. The summed E-state index contributed by atoms with van der Waals surface area (Å²) in [5.41, 5.74) is 3.19. The summed E-state index contributed by atoms with van der Waals surface area (Å²) in [6, 6.07) is 19.3. The summed E-state index contributed by atoms with van der Waals surface area (Å²) in [5, 5.41) is 7.52. The summed E-state index contributed by atoms with van der Waals surface area (Å²) < 4.78 is 39.9. The number of carbonyl (C=O) groups excluding carboxylic acids is 2. The Bertz CT molecular complexity index is 1620. The average molecular weight is 593 g/mol. The number of halogens is 3. The minimum absolute atomic E-state index is 0.113. The van der Waals surface area contributed by atoms with E-state index in [1.807, 2.05) is 48.5 Å². The first-order chi connectivity index (χ1) is 20.1. The van der Waals surface area contributed by atoms with Crippen LogP contribution in [0.2, 0.25) is 0 Å². The first kappa shape index (κ1) is 29.1. The molecule has 0 spiro atoms. The highest BCUT2D eigenvalue weighted by Gasteiger charge is 2.32. The van der Waals surface area contributed by atoms with Crippen molar-refractivity contribution in [2.24, 2.45) is 4.99 Å². The first-order valence-corrected chi connectivity index (χ1v) is 14.2. The van der Waals surface area contributed by atoms with Gasteiger partial charge in [-0.05, 0) is 53.8 Å². The van der Waals surface area contributed by atoms with Crippen LogP contribution in [0.1, 0.15) is 36.5 Å². The molecular weight excluding hydrogens is 565 g/mol. The number of benzene rings is 3. The molecule has 2 heterocycles. The molecule has 0 atom stereocenters. The Morgan fingerprint density at radius 3 is 2.45 bits per heavy atom. The fourth-order valence-corrected chi connectivity index (χ4v) is 5.30. The molecule has 1 aromatic heterocycles. The van der Waals surface area contributed by atoms with Gasteiger partial charge < -0.3 is 5.32 Å². The molecule has 4 aromatic rings. The topological polar surface area (TPSA) is 92.5 Å². The molecule has 3 amide bonds. The number of thioether (sulfide) groups is 1. The molecule has 1 fully saturated rings. The van der Waals surface area contributed by atoms with Crippen LogP contribution in [0.4, 0.5) is 23.7 Å². The monoisotopic (exact) mass is 592 g/mol. The quantitative estimate of drug-likeness (QED) is 0.266. The Balaban J connectivity index is 1.18. The number of hydrogen-bond donors (Lipinski definition) is 1. The number of rotatable bonds is 7. The van der Waals surface area contributed by atoms with Gasteiger partial charge in [-0.3, -0.25) is 9.69 Å². The van der Waals surface area contributed by atoms with E-state index in [0.29, 0.717) is 29.6 Å². The van der Waals surface area contributed by atoms with Crippen molar-refractivity contribution in [2.75, 3.05) is 17.2 Å². The summed E-state index contributed by atoms with van der Waals surface area (Å²) in [6.07, 6.45) is -2.40. The molecule has 216 valence electrons. The van der Waals surface area contributed by atoms with E-state index in [-0.39, 0.29) is 17.6 Å². The number of carbonyl (C=O) groups is 2. The van der Waals surface area contributed by atoms with Crippen LogP contribution in [0.15, 0.2) is 84.1 Å². The number of nitrogens with one attached hydrogen (secondary N) is 1. The molecule has 0 radical (unpaired) electrons. The van der Waals surface area contributed by atoms with Crippen molar-refractivity contribution in [3.63, 3.8) is 0 Å². The van der Waals surface area contributed by atoms with Crippen LogP contribution in [0.25, 0.3) is 17.1 Å². The van der Waals surface area contributed by atoms with E-state index in [9.17, 15) is 22.8 Å². The number of alkyl halides is 3. The molecule has 1 saturated heterocycles. The van der Waals surface area contributed by atoms with Crippen molar-refractivity contribution in [1.82, 2.24) is 20.1 Å². The molecule has 0 saturated carbocycles. The average Bonchev–Trinajstić information content (AvgIpc) is 3.60. The van der Waals surface area contributed by atoms with Crippen molar-refractivity contribution in [3.05, 3.63) is 95.8 Å². The van der Waals surface area contributed by atoms with Crippen LogP contribution < -0.4 is 10.2 Å². The van der Waals surface area contributed by atoms with E-state index >= 15 is 0 Å². The number of nitrogens with zero attached hydrogens (tertiary/aromatic N) is 5. The van der Waals surface area contributed by atoms with Crippen molar-refractivity contribution in [2.45, 2.75) is 32.4 Å². The van der Waals surface area contributed by atoms with Crippen molar-refractivity contribution in [1.29, 1.82) is 0 Å². The minimum Gasteiger partial charge on any atom is -0.336 e. The van der Waals surface area contributed by atoms with Gasteiger partial charge in [-0.1, -0.05) is 68.1 Å². The van der Waals surface area contributed by atoms with Crippen LogP contribution in [-0.2, 0) is 17.4 Å². The molecule has 3 aromatic carbocycles. The van der Waals surface area contributed by atoms with Gasteiger partial charge in [-0.15, -0.1) is 5.10 Å². The predicted octanol–water partition coefficient (Wildman–Crippen LogP) is 6.46. The van der Waals surface area contributed by atoms with Crippen LogP contribution in [0.5, 0.6) is 0 Å². The summed E-state index contributed by atoms with van der Waals surface area (Å²) in [4.78, 5) is 35.2. The number of hydrogen-bond acceptors (Lipinski definition) is 5. The van der Waals surface area contributed by atoms with E-state index < -0.39 is 17.8 Å². The third-order valence-corrected chi connectivity index (χ3v) is 7.54. The Labute approximate surface area is 244 Å². The molecule has 1 aliphatic heterocycles. The SMILES string of the molecule is CC(C)c1ccccc1N1C(=O)CS/C1=N\C(=O)NCCc1ccc(-c2ncn(-c3ccc(C(F)(F)F)cc3)n2)cc1. The summed E-state index contributed by atoms with van der Waals surface area (Å²) in [5.74, 6) is 0.741. The van der Waals surface area contributed by atoms with Crippen LogP contribution in [0.3, 0.4) is 0 Å². The smallest absolute Gasteiger partial charge is 0.336 e. The first-order valence-electron chi connectivity index (χ1n) is 13.2. The van der Waals surface area contributed by atoms with E-state index in [2.05, 4.69) is 34.2 Å². The molecule has 1 aliphatic rings. The molecular formula is C30H27F3N6O2S. The third kappa shape index (κ3) is 6.54. The molecule has 42 heavy (non-hydrogen) atoms. The van der Waals surface area contributed by atoms with Crippen molar-refractivity contribution >= 4 is 34.6 Å². The second-order valence-corrected chi connectivity index (χ2v) is 10.8. The number of urea groups is 1. The summed E-state index contributed by atoms with van der Waals surface area (Å²) >= 11 is 1.24. The number of aliphatic imine (C=N–C) groups is 1. The predicted molar refractivity (Wildman–Crippen MR) is 157 cm³/mol. The fourth-order valence-electron chi connectivity index (χ4n) is 4.44. The van der Waals surface area contributed by atoms with Gasteiger partial charge in [-0.25, -0.2) is 14.5 Å². The maximum atomic E-state index is 12.8. The lowest BCUT2D eigenvalue weighted by Crippen LogP contribution is -2.32. The Morgan fingerprint density at radius 2 is 1.76 bits per heavy atom. The molecule has 5 rings (SSSR count). The standard InChI is InChI=1S/C30H27F3N6O2S/c1-19(2)24-5-3-4-6-25(24)39-26(40)17-42-29(39)36-28(41)34-16-15-20-7-9-21(10-8-20)27-35-18-38(37-27)23-13-11-22(12-14-23)30(31,32)33/h3-14,18-19H,15-17H2,1-2H3,(H,34,41)/b36-29-. The minimum atomic E-state index is -4.40.